The number of carbonyl (C=O) groups is 1. The summed E-state index contributed by atoms with van der Waals surface area (Å²) in [6.45, 7) is 5.74. The Morgan fingerprint density at radius 1 is 1.19 bits per heavy atom. The standard InChI is InChI=1S/C23H20N4O4/c1-4-29-23(28)17-14(3)31-22-19(18(17)16-10-7-11-30-16)21-25-20(26-27(21)12-24-22)15-9-6-5-8-13(15)2/h5-12,18H,4H2,1-3H3/t18-/m1/s1. The van der Waals surface area contributed by atoms with Crippen molar-refractivity contribution in [1.82, 2.24) is 19.6 Å². The summed E-state index contributed by atoms with van der Waals surface area (Å²) in [5, 5.41) is 4.62. The molecule has 0 spiro atoms. The topological polar surface area (TPSA) is 91.8 Å². The van der Waals surface area contributed by atoms with Gasteiger partial charge in [0.05, 0.1) is 29.9 Å². The highest BCUT2D eigenvalue weighted by Gasteiger charge is 2.39. The molecule has 0 unspecified atom stereocenters. The fourth-order valence-electron chi connectivity index (χ4n) is 3.89. The monoisotopic (exact) mass is 416 g/mol. The number of allylic oxidation sites excluding steroid dienone is 1. The van der Waals surface area contributed by atoms with E-state index in [1.807, 2.05) is 37.3 Å². The number of rotatable bonds is 4. The maximum Gasteiger partial charge on any atom is 0.338 e. The maximum absolute atomic E-state index is 12.9. The van der Waals surface area contributed by atoms with Gasteiger partial charge in [-0.3, -0.25) is 0 Å². The quantitative estimate of drug-likeness (QED) is 0.463. The highest BCUT2D eigenvalue weighted by Crippen LogP contribution is 2.44. The summed E-state index contributed by atoms with van der Waals surface area (Å²) in [4.78, 5) is 22.1. The van der Waals surface area contributed by atoms with Crippen molar-refractivity contribution in [3.8, 4) is 17.3 Å². The molecule has 1 aliphatic rings. The van der Waals surface area contributed by atoms with E-state index in [1.165, 1.54) is 0 Å². The molecule has 0 N–H and O–H groups in total. The van der Waals surface area contributed by atoms with Gasteiger partial charge in [0.1, 0.15) is 17.8 Å². The third-order valence-electron chi connectivity index (χ3n) is 5.30. The van der Waals surface area contributed by atoms with E-state index in [9.17, 15) is 4.79 Å². The maximum atomic E-state index is 12.9. The lowest BCUT2D eigenvalue weighted by Crippen LogP contribution is -2.24. The van der Waals surface area contributed by atoms with Gasteiger partial charge in [-0.05, 0) is 38.5 Å². The van der Waals surface area contributed by atoms with E-state index in [2.05, 4.69) is 10.1 Å². The molecule has 8 nitrogen and oxygen atoms in total. The number of ether oxygens (including phenoxy) is 2. The number of hydrogen-bond donors (Lipinski definition) is 0. The summed E-state index contributed by atoms with van der Waals surface area (Å²) in [5.41, 5.74) is 3.49. The third kappa shape index (κ3) is 3.07. The normalized spacial score (nSPS) is 15.6. The Labute approximate surface area is 178 Å². The highest BCUT2D eigenvalue weighted by atomic mass is 16.5. The van der Waals surface area contributed by atoms with Crippen molar-refractivity contribution in [2.45, 2.75) is 26.7 Å². The molecule has 0 saturated carbocycles. The van der Waals surface area contributed by atoms with Crippen LogP contribution in [-0.4, -0.2) is 32.2 Å². The Morgan fingerprint density at radius 2 is 2.03 bits per heavy atom. The lowest BCUT2D eigenvalue weighted by atomic mass is 9.87. The number of aryl methyl sites for hydroxylation is 1. The number of benzene rings is 1. The average molecular weight is 416 g/mol. The SMILES string of the molecule is CCOC(=O)C1=C(C)Oc2ncn3nc(-c4ccccc4C)nc3c2[C@@H]1c1ccco1. The van der Waals surface area contributed by atoms with E-state index in [0.29, 0.717) is 40.0 Å². The number of aromatic nitrogens is 4. The van der Waals surface area contributed by atoms with Crippen molar-refractivity contribution in [3.05, 3.63) is 77.2 Å². The molecular weight excluding hydrogens is 396 g/mol. The zero-order chi connectivity index (χ0) is 21.5. The molecule has 4 aromatic rings. The smallest absolute Gasteiger partial charge is 0.338 e. The van der Waals surface area contributed by atoms with Gasteiger partial charge in [-0.15, -0.1) is 5.10 Å². The molecule has 3 aromatic heterocycles. The van der Waals surface area contributed by atoms with Gasteiger partial charge in [-0.2, -0.15) is 0 Å². The molecule has 1 aliphatic heterocycles. The van der Waals surface area contributed by atoms with Crippen LogP contribution in [0.1, 0.15) is 36.7 Å². The van der Waals surface area contributed by atoms with Crippen molar-refractivity contribution in [2.24, 2.45) is 0 Å². The first kappa shape index (κ1) is 19.0. The van der Waals surface area contributed by atoms with Gasteiger partial charge in [-0.1, -0.05) is 24.3 Å². The van der Waals surface area contributed by atoms with Gasteiger partial charge in [0.25, 0.3) is 0 Å². The van der Waals surface area contributed by atoms with Gasteiger partial charge in [0, 0.05) is 5.56 Å². The fraction of sp³-hybridized carbons (Fsp3) is 0.217. The third-order valence-corrected chi connectivity index (χ3v) is 5.30. The van der Waals surface area contributed by atoms with Gasteiger partial charge >= 0.3 is 5.97 Å². The van der Waals surface area contributed by atoms with Crippen LogP contribution in [0.3, 0.4) is 0 Å². The number of nitrogens with zero attached hydrogens (tertiary/aromatic N) is 4. The van der Waals surface area contributed by atoms with Crippen LogP contribution in [-0.2, 0) is 9.53 Å². The first-order valence-electron chi connectivity index (χ1n) is 9.99. The van der Waals surface area contributed by atoms with Crippen molar-refractivity contribution in [1.29, 1.82) is 0 Å². The minimum absolute atomic E-state index is 0.248. The van der Waals surface area contributed by atoms with Gasteiger partial charge < -0.3 is 13.9 Å². The number of esters is 1. The Balaban J connectivity index is 1.75. The van der Waals surface area contributed by atoms with Crippen molar-refractivity contribution >= 4 is 11.6 Å². The second-order valence-electron chi connectivity index (χ2n) is 7.22. The van der Waals surface area contributed by atoms with E-state index >= 15 is 0 Å². The molecular formula is C23H20N4O4. The van der Waals surface area contributed by atoms with Crippen LogP contribution in [0.4, 0.5) is 0 Å². The first-order valence-corrected chi connectivity index (χ1v) is 9.99. The minimum Gasteiger partial charge on any atom is -0.468 e. The van der Waals surface area contributed by atoms with Crippen molar-refractivity contribution in [2.75, 3.05) is 6.61 Å². The van der Waals surface area contributed by atoms with E-state index < -0.39 is 11.9 Å². The Hall–Kier alpha value is -3.94. The summed E-state index contributed by atoms with van der Waals surface area (Å²) in [6.07, 6.45) is 3.13. The van der Waals surface area contributed by atoms with Gasteiger partial charge in [0.2, 0.25) is 5.88 Å². The molecule has 31 heavy (non-hydrogen) atoms. The summed E-state index contributed by atoms with van der Waals surface area (Å²) >= 11 is 0. The number of carbonyl (C=O) groups excluding carboxylic acids is 1. The Kier molecular flexibility index (Phi) is 4.54. The molecule has 4 heterocycles. The number of hydrogen-bond acceptors (Lipinski definition) is 7. The Morgan fingerprint density at radius 3 is 2.77 bits per heavy atom. The molecule has 156 valence electrons. The van der Waals surface area contributed by atoms with Crippen LogP contribution >= 0.6 is 0 Å². The molecule has 8 heteroatoms. The summed E-state index contributed by atoms with van der Waals surface area (Å²) in [6, 6.07) is 11.5. The summed E-state index contributed by atoms with van der Waals surface area (Å²) in [7, 11) is 0. The summed E-state index contributed by atoms with van der Waals surface area (Å²) < 4.78 is 18.6. The lowest BCUT2D eigenvalue weighted by Gasteiger charge is -2.26. The second-order valence-corrected chi connectivity index (χ2v) is 7.22. The zero-order valence-corrected chi connectivity index (χ0v) is 17.3. The van der Waals surface area contributed by atoms with Crippen LogP contribution in [0.5, 0.6) is 5.88 Å². The predicted molar refractivity (Wildman–Crippen MR) is 111 cm³/mol. The highest BCUT2D eigenvalue weighted by molar-refractivity contribution is 5.93. The molecule has 5 rings (SSSR count). The van der Waals surface area contributed by atoms with Crippen LogP contribution < -0.4 is 4.74 Å². The van der Waals surface area contributed by atoms with Crippen LogP contribution in [0.15, 0.2) is 64.7 Å². The minimum atomic E-state index is -0.581. The van der Waals surface area contributed by atoms with Crippen molar-refractivity contribution < 1.29 is 18.7 Å². The number of fused-ring (bicyclic) bond motifs is 3. The zero-order valence-electron chi connectivity index (χ0n) is 17.3. The molecule has 0 radical (unpaired) electrons. The van der Waals surface area contributed by atoms with Gasteiger partial charge in [-0.25, -0.2) is 19.3 Å². The summed E-state index contributed by atoms with van der Waals surface area (Å²) in [5.74, 6) is 0.874. The van der Waals surface area contributed by atoms with E-state index in [-0.39, 0.29) is 6.61 Å². The molecule has 0 fully saturated rings. The average Bonchev–Trinajstić information content (AvgIpc) is 3.43. The molecule has 1 atom stereocenters. The second kappa shape index (κ2) is 7.39. The van der Waals surface area contributed by atoms with Crippen LogP contribution in [0.25, 0.3) is 17.0 Å². The largest absolute Gasteiger partial charge is 0.468 e. The molecule has 1 aromatic carbocycles. The van der Waals surface area contributed by atoms with Crippen molar-refractivity contribution in [3.63, 3.8) is 0 Å². The van der Waals surface area contributed by atoms with E-state index in [4.69, 9.17) is 18.9 Å². The predicted octanol–water partition coefficient (Wildman–Crippen LogP) is 4.05. The van der Waals surface area contributed by atoms with Gasteiger partial charge in [0.15, 0.2) is 11.5 Å². The molecule has 0 bridgehead atoms. The lowest BCUT2D eigenvalue weighted by molar-refractivity contribution is -0.139. The van der Waals surface area contributed by atoms with E-state index in [1.54, 1.807) is 37.0 Å². The molecule has 0 amide bonds. The van der Waals surface area contributed by atoms with Crippen LogP contribution in [0.2, 0.25) is 0 Å². The molecule has 0 saturated heterocycles. The molecule has 0 aliphatic carbocycles. The van der Waals surface area contributed by atoms with Crippen LogP contribution in [0, 0.1) is 6.92 Å². The number of furan rings is 1. The first-order chi connectivity index (χ1) is 15.1. The fourth-order valence-corrected chi connectivity index (χ4v) is 3.89. The Bertz CT molecular complexity index is 1320. The van der Waals surface area contributed by atoms with E-state index in [0.717, 1.165) is 11.1 Å².